The van der Waals surface area contributed by atoms with Crippen LogP contribution in [-0.2, 0) is 29.1 Å². The summed E-state index contributed by atoms with van der Waals surface area (Å²) in [4.78, 5) is 24.7. The Morgan fingerprint density at radius 3 is 2.75 bits per heavy atom. The van der Waals surface area contributed by atoms with Crippen molar-refractivity contribution in [2.75, 3.05) is 7.11 Å². The molecule has 1 aliphatic heterocycles. The van der Waals surface area contributed by atoms with Crippen molar-refractivity contribution in [3.8, 4) is 5.75 Å². The number of nitrogens with one attached hydrogen (secondary N) is 2. The maximum Gasteiger partial charge on any atom is 0.220 e. The highest BCUT2D eigenvalue weighted by atomic mass is 16.5. The molecule has 0 aliphatic carbocycles. The zero-order valence-electron chi connectivity index (χ0n) is 18.7. The standard InChI is InChI=1S/C25H30N4O3/c1-3-29-17-18(16-27-29)15-26-23(30)10-12-25(13-11-24(31)28-25)14-19-8-9-22(32-2)21-7-5-4-6-20(19)21/h4-9,16-17H,3,10-15H2,1-2H3,(H,26,30)(H,28,31)/t25-/m1/s1. The topological polar surface area (TPSA) is 85.2 Å². The van der Waals surface area contributed by atoms with Gasteiger partial charge in [0.05, 0.1) is 13.3 Å². The largest absolute Gasteiger partial charge is 0.496 e. The first kappa shape index (κ1) is 21.9. The van der Waals surface area contributed by atoms with Gasteiger partial charge in [0.1, 0.15) is 5.75 Å². The minimum absolute atomic E-state index is 0.0191. The SMILES string of the molecule is CCn1cc(CNC(=O)CC[C@]2(Cc3ccc(OC)c4ccccc34)CCC(=O)N2)cn1. The number of nitrogens with zero attached hydrogens (tertiary/aromatic N) is 2. The number of amides is 2. The van der Waals surface area contributed by atoms with Crippen LogP contribution < -0.4 is 15.4 Å². The van der Waals surface area contributed by atoms with E-state index >= 15 is 0 Å². The second kappa shape index (κ2) is 9.42. The van der Waals surface area contributed by atoms with Gasteiger partial charge >= 0.3 is 0 Å². The second-order valence-electron chi connectivity index (χ2n) is 8.46. The van der Waals surface area contributed by atoms with Crippen LogP contribution in [0, 0.1) is 0 Å². The Kier molecular flexibility index (Phi) is 6.44. The molecule has 0 radical (unpaired) electrons. The zero-order valence-corrected chi connectivity index (χ0v) is 18.7. The van der Waals surface area contributed by atoms with Gasteiger partial charge < -0.3 is 15.4 Å². The fourth-order valence-corrected chi connectivity index (χ4v) is 4.53. The van der Waals surface area contributed by atoms with Crippen LogP contribution in [0.1, 0.15) is 43.7 Å². The molecule has 7 nitrogen and oxygen atoms in total. The van der Waals surface area contributed by atoms with E-state index in [4.69, 9.17) is 4.74 Å². The number of fused-ring (bicyclic) bond motifs is 1. The van der Waals surface area contributed by atoms with Crippen molar-refractivity contribution in [3.63, 3.8) is 0 Å². The molecule has 2 N–H and O–H groups in total. The lowest BCUT2D eigenvalue weighted by Crippen LogP contribution is -2.44. The van der Waals surface area contributed by atoms with Crippen LogP contribution in [0.25, 0.3) is 10.8 Å². The smallest absolute Gasteiger partial charge is 0.220 e. The fraction of sp³-hybridized carbons (Fsp3) is 0.400. The van der Waals surface area contributed by atoms with E-state index in [9.17, 15) is 9.59 Å². The number of benzene rings is 2. The van der Waals surface area contributed by atoms with Crippen molar-refractivity contribution in [1.29, 1.82) is 0 Å². The highest BCUT2D eigenvalue weighted by Crippen LogP contribution is 2.34. The summed E-state index contributed by atoms with van der Waals surface area (Å²) in [7, 11) is 1.67. The van der Waals surface area contributed by atoms with E-state index in [2.05, 4.69) is 27.9 Å². The van der Waals surface area contributed by atoms with Crippen molar-refractivity contribution in [2.24, 2.45) is 0 Å². The molecule has 0 unspecified atom stereocenters. The predicted octanol–water partition coefficient (Wildman–Crippen LogP) is 3.35. The molecule has 1 saturated heterocycles. The highest BCUT2D eigenvalue weighted by molar-refractivity contribution is 5.91. The number of rotatable bonds is 9. The first-order chi connectivity index (χ1) is 15.5. The molecule has 1 atom stereocenters. The van der Waals surface area contributed by atoms with Crippen molar-refractivity contribution < 1.29 is 14.3 Å². The van der Waals surface area contributed by atoms with Gasteiger partial charge in [-0.2, -0.15) is 5.10 Å². The summed E-state index contributed by atoms with van der Waals surface area (Å²) in [6.45, 7) is 3.29. The van der Waals surface area contributed by atoms with E-state index in [-0.39, 0.29) is 11.8 Å². The second-order valence-corrected chi connectivity index (χ2v) is 8.46. The van der Waals surface area contributed by atoms with Crippen molar-refractivity contribution >= 4 is 22.6 Å². The summed E-state index contributed by atoms with van der Waals surface area (Å²) in [5.41, 5.74) is 1.71. The number of methoxy groups -OCH3 is 1. The number of hydrogen-bond donors (Lipinski definition) is 2. The molecule has 168 valence electrons. The lowest BCUT2D eigenvalue weighted by molar-refractivity contribution is -0.122. The molecule has 7 heteroatoms. The summed E-state index contributed by atoms with van der Waals surface area (Å²) in [5, 5.41) is 12.6. The molecule has 2 aromatic carbocycles. The Bertz CT molecular complexity index is 1120. The van der Waals surface area contributed by atoms with Gasteiger partial charge in [0, 0.05) is 48.6 Å². The van der Waals surface area contributed by atoms with E-state index in [1.54, 1.807) is 13.3 Å². The van der Waals surface area contributed by atoms with Gasteiger partial charge in [-0.15, -0.1) is 0 Å². The number of carbonyl (C=O) groups excluding carboxylic acids is 2. The molecule has 1 aliphatic rings. The Morgan fingerprint density at radius 2 is 2.06 bits per heavy atom. The molecule has 1 fully saturated rings. The van der Waals surface area contributed by atoms with Crippen LogP contribution in [0.4, 0.5) is 0 Å². The van der Waals surface area contributed by atoms with Gasteiger partial charge in [-0.05, 0) is 43.2 Å². The Balaban J connectivity index is 1.46. The molecule has 1 aromatic heterocycles. The lowest BCUT2D eigenvalue weighted by Gasteiger charge is -2.30. The van der Waals surface area contributed by atoms with E-state index in [0.29, 0.717) is 32.2 Å². The molecule has 4 rings (SSSR count). The van der Waals surface area contributed by atoms with E-state index in [1.807, 2.05) is 42.1 Å². The van der Waals surface area contributed by atoms with E-state index in [1.165, 1.54) is 0 Å². The van der Waals surface area contributed by atoms with E-state index < -0.39 is 5.54 Å². The maximum atomic E-state index is 12.6. The van der Waals surface area contributed by atoms with Crippen LogP contribution in [0.2, 0.25) is 0 Å². The van der Waals surface area contributed by atoms with Gasteiger partial charge in [-0.25, -0.2) is 0 Å². The van der Waals surface area contributed by atoms with Crippen LogP contribution >= 0.6 is 0 Å². The van der Waals surface area contributed by atoms with Crippen LogP contribution in [0.3, 0.4) is 0 Å². The summed E-state index contributed by atoms with van der Waals surface area (Å²) < 4.78 is 7.35. The minimum atomic E-state index is -0.418. The quantitative estimate of drug-likeness (QED) is 0.541. The number of ether oxygens (including phenoxy) is 1. The third-order valence-electron chi connectivity index (χ3n) is 6.29. The molecule has 0 spiro atoms. The Morgan fingerprint density at radius 1 is 1.25 bits per heavy atom. The first-order valence-corrected chi connectivity index (χ1v) is 11.2. The van der Waals surface area contributed by atoms with Crippen LogP contribution in [-0.4, -0.2) is 34.2 Å². The zero-order chi connectivity index (χ0) is 22.6. The average molecular weight is 435 g/mol. The molecule has 32 heavy (non-hydrogen) atoms. The average Bonchev–Trinajstić information content (AvgIpc) is 3.43. The van der Waals surface area contributed by atoms with Crippen LogP contribution in [0.5, 0.6) is 5.75 Å². The Labute approximate surface area is 188 Å². The minimum Gasteiger partial charge on any atom is -0.496 e. The third-order valence-corrected chi connectivity index (χ3v) is 6.29. The molecule has 0 saturated carbocycles. The van der Waals surface area contributed by atoms with Gasteiger partial charge in [-0.1, -0.05) is 30.3 Å². The van der Waals surface area contributed by atoms with Gasteiger partial charge in [-0.3, -0.25) is 14.3 Å². The summed E-state index contributed by atoms with van der Waals surface area (Å²) >= 11 is 0. The highest BCUT2D eigenvalue weighted by Gasteiger charge is 2.38. The summed E-state index contributed by atoms with van der Waals surface area (Å²) in [6, 6.07) is 12.2. The maximum absolute atomic E-state index is 12.6. The third kappa shape index (κ3) is 4.77. The number of carbonyl (C=O) groups is 2. The monoisotopic (exact) mass is 434 g/mol. The number of hydrogen-bond acceptors (Lipinski definition) is 4. The molecular formula is C25H30N4O3. The Hall–Kier alpha value is -3.35. The molecular weight excluding hydrogens is 404 g/mol. The fourth-order valence-electron chi connectivity index (χ4n) is 4.53. The van der Waals surface area contributed by atoms with Crippen molar-refractivity contribution in [2.45, 2.75) is 57.7 Å². The van der Waals surface area contributed by atoms with Crippen molar-refractivity contribution in [3.05, 3.63) is 59.9 Å². The predicted molar refractivity (Wildman–Crippen MR) is 123 cm³/mol. The van der Waals surface area contributed by atoms with Gasteiger partial charge in [0.15, 0.2) is 0 Å². The molecule has 2 amide bonds. The van der Waals surface area contributed by atoms with Gasteiger partial charge in [0.2, 0.25) is 11.8 Å². The molecule has 0 bridgehead atoms. The van der Waals surface area contributed by atoms with Gasteiger partial charge in [0.25, 0.3) is 0 Å². The molecule has 2 heterocycles. The normalized spacial score (nSPS) is 18.0. The number of aryl methyl sites for hydroxylation is 1. The van der Waals surface area contributed by atoms with Crippen molar-refractivity contribution in [1.82, 2.24) is 20.4 Å². The first-order valence-electron chi connectivity index (χ1n) is 11.2. The summed E-state index contributed by atoms with van der Waals surface area (Å²) in [6.07, 6.45) is 6.56. The lowest BCUT2D eigenvalue weighted by atomic mass is 9.83. The number of aromatic nitrogens is 2. The van der Waals surface area contributed by atoms with Crippen LogP contribution in [0.15, 0.2) is 48.8 Å². The van der Waals surface area contributed by atoms with E-state index in [0.717, 1.165) is 40.6 Å². The molecule has 3 aromatic rings. The summed E-state index contributed by atoms with van der Waals surface area (Å²) in [5.74, 6) is 0.865.